The second kappa shape index (κ2) is 17.3. The van der Waals surface area contributed by atoms with Crippen LogP contribution in [0.25, 0.3) is 0 Å². The molecule has 0 atom stereocenters. The zero-order valence-corrected chi connectivity index (χ0v) is 27.3. The van der Waals surface area contributed by atoms with Crippen molar-refractivity contribution in [2.45, 2.75) is 31.2 Å². The van der Waals surface area contributed by atoms with Crippen LogP contribution in [0.3, 0.4) is 0 Å². The second-order valence-electron chi connectivity index (χ2n) is 10.9. The van der Waals surface area contributed by atoms with Crippen LogP contribution >= 0.6 is 0 Å². The fourth-order valence-corrected chi connectivity index (χ4v) is 6.11. The number of nitrogens with one attached hydrogen (secondary N) is 2. The number of fused-ring (bicyclic) bond motifs is 15. The van der Waals surface area contributed by atoms with Gasteiger partial charge < -0.3 is 35.3 Å². The lowest BCUT2D eigenvalue weighted by Gasteiger charge is -2.23. The lowest BCUT2D eigenvalue weighted by molar-refractivity contribution is -0.113. The monoisotopic (exact) mass is 656 g/mol. The van der Waals surface area contributed by atoms with Crippen molar-refractivity contribution in [3.63, 3.8) is 0 Å². The number of nitrogens with two attached hydrogens (primary N) is 1. The van der Waals surface area contributed by atoms with Gasteiger partial charge in [-0.3, -0.25) is 4.79 Å². The van der Waals surface area contributed by atoms with Gasteiger partial charge in [0.15, 0.2) is 11.5 Å². The van der Waals surface area contributed by atoms with Crippen molar-refractivity contribution in [3.8, 4) is 5.75 Å². The van der Waals surface area contributed by atoms with Crippen molar-refractivity contribution in [1.82, 2.24) is 9.62 Å². The number of hydrogen-bond acceptors (Lipinski definition) is 11. The molecule has 1 saturated heterocycles. The first-order chi connectivity index (χ1) is 22.2. The van der Waals surface area contributed by atoms with E-state index in [0.29, 0.717) is 48.4 Å². The Morgan fingerprint density at radius 3 is 2.43 bits per heavy atom. The minimum absolute atomic E-state index is 0.118. The van der Waals surface area contributed by atoms with Crippen LogP contribution in [0.2, 0.25) is 0 Å². The first-order valence-corrected chi connectivity index (χ1v) is 16.7. The molecular weight excluding hydrogens is 612 g/mol. The van der Waals surface area contributed by atoms with E-state index in [1.54, 1.807) is 25.1 Å². The Hall–Kier alpha value is -3.66. The van der Waals surface area contributed by atoms with Crippen LogP contribution in [0.5, 0.6) is 5.75 Å². The minimum Gasteiger partial charge on any atom is -0.489 e. The molecule has 0 unspecified atom stereocenters. The molecule has 4 N–H and O–H groups in total. The number of sulfonamides is 1. The van der Waals surface area contributed by atoms with Crippen molar-refractivity contribution in [1.29, 1.82) is 0 Å². The molecule has 3 aliphatic heterocycles. The van der Waals surface area contributed by atoms with Crippen molar-refractivity contribution in [2.24, 2.45) is 21.6 Å². The van der Waals surface area contributed by atoms with Gasteiger partial charge in [-0.1, -0.05) is 24.3 Å². The third-order valence-electron chi connectivity index (χ3n) is 7.72. The minimum atomic E-state index is -3.74. The normalized spacial score (nSPS) is 20.7. The number of ether oxygens (including phenoxy) is 4. The first kappa shape index (κ1) is 35.2. The lowest BCUT2D eigenvalue weighted by Crippen LogP contribution is -2.30. The summed E-state index contributed by atoms with van der Waals surface area (Å²) in [4.78, 5) is 22.0. The average molecular weight is 657 g/mol. The summed E-state index contributed by atoms with van der Waals surface area (Å²) in [5, 5.41) is 6.41. The first-order valence-electron chi connectivity index (χ1n) is 15.3. The maximum absolute atomic E-state index is 13.6. The summed E-state index contributed by atoms with van der Waals surface area (Å²) in [5.74, 6) is 0.259. The van der Waals surface area contributed by atoms with Gasteiger partial charge in [0.05, 0.1) is 37.0 Å². The Morgan fingerprint density at radius 2 is 1.72 bits per heavy atom. The molecule has 3 aliphatic rings. The molecule has 0 aromatic heterocycles. The molecule has 2 aromatic carbocycles. The number of benzene rings is 2. The molecule has 46 heavy (non-hydrogen) atoms. The molecule has 0 spiro atoms. The number of aliphatic imine (C=N–C) groups is 2. The SMILES string of the molecule is C=N/C(N)=C1\N=C(C)c2ccc(cc2)S(=O)(=O)N(C)CCOCCOCCOc2c(CNCC3CCOCC3)cccc2NC1=O. The van der Waals surface area contributed by atoms with E-state index >= 15 is 0 Å². The van der Waals surface area contributed by atoms with E-state index in [1.165, 1.54) is 23.5 Å². The number of carbonyl (C=O) groups excluding carboxylic acids is 1. The van der Waals surface area contributed by atoms with Crippen LogP contribution in [0.15, 0.2) is 68.9 Å². The smallest absolute Gasteiger partial charge is 0.278 e. The third kappa shape index (κ3) is 9.67. The molecular formula is C32H44N6O7S. The van der Waals surface area contributed by atoms with Crippen LogP contribution < -0.4 is 21.1 Å². The van der Waals surface area contributed by atoms with Gasteiger partial charge >= 0.3 is 0 Å². The lowest BCUT2D eigenvalue weighted by atomic mass is 10.0. The van der Waals surface area contributed by atoms with E-state index in [9.17, 15) is 13.2 Å². The number of amides is 1. The molecule has 0 radical (unpaired) electrons. The molecule has 13 nitrogen and oxygen atoms in total. The largest absolute Gasteiger partial charge is 0.489 e. The van der Waals surface area contributed by atoms with Gasteiger partial charge in [-0.15, -0.1) is 0 Å². The number of carbonyl (C=O) groups is 1. The highest BCUT2D eigenvalue weighted by Gasteiger charge is 2.22. The van der Waals surface area contributed by atoms with E-state index in [2.05, 4.69) is 27.3 Å². The van der Waals surface area contributed by atoms with Gasteiger partial charge in [0.25, 0.3) is 5.91 Å². The van der Waals surface area contributed by atoms with E-state index in [-0.39, 0.29) is 42.8 Å². The van der Waals surface area contributed by atoms with E-state index in [4.69, 9.17) is 24.7 Å². The number of anilines is 1. The highest BCUT2D eigenvalue weighted by Crippen LogP contribution is 2.30. The predicted octanol–water partition coefficient (Wildman–Crippen LogP) is 2.53. The number of rotatable bonds is 5. The van der Waals surface area contributed by atoms with Gasteiger partial charge in [-0.25, -0.2) is 18.4 Å². The molecule has 14 heteroatoms. The molecule has 2 bridgehead atoms. The summed E-state index contributed by atoms with van der Waals surface area (Å²) >= 11 is 0. The Balaban J connectivity index is 1.62. The third-order valence-corrected chi connectivity index (χ3v) is 9.59. The molecule has 3 heterocycles. The summed E-state index contributed by atoms with van der Waals surface area (Å²) in [6.45, 7) is 9.55. The maximum Gasteiger partial charge on any atom is 0.278 e. The Kier molecular flexibility index (Phi) is 13.2. The van der Waals surface area contributed by atoms with Crippen LogP contribution in [-0.2, 0) is 35.6 Å². The average Bonchev–Trinajstić information content (AvgIpc) is 3.06. The number of likely N-dealkylation sites (N-methyl/N-ethyl adjacent to an activating group) is 1. The number of para-hydroxylation sites is 1. The molecule has 5 rings (SSSR count). The number of nitrogens with zero attached hydrogens (tertiary/aromatic N) is 3. The molecule has 2 aromatic rings. The highest BCUT2D eigenvalue weighted by molar-refractivity contribution is 7.89. The van der Waals surface area contributed by atoms with Gasteiger partial charge in [0.2, 0.25) is 10.0 Å². The van der Waals surface area contributed by atoms with Crippen LogP contribution in [0.1, 0.15) is 30.9 Å². The molecule has 250 valence electrons. The highest BCUT2D eigenvalue weighted by atomic mass is 32.2. The van der Waals surface area contributed by atoms with Crippen LogP contribution in [-0.4, -0.2) is 97.4 Å². The van der Waals surface area contributed by atoms with Crippen molar-refractivity contribution < 1.29 is 32.2 Å². The van der Waals surface area contributed by atoms with E-state index in [1.807, 2.05) is 12.1 Å². The summed E-state index contributed by atoms with van der Waals surface area (Å²) in [6.07, 6.45) is 2.03. The fourth-order valence-electron chi connectivity index (χ4n) is 4.95. The van der Waals surface area contributed by atoms with Crippen molar-refractivity contribution >= 4 is 34.0 Å². The summed E-state index contributed by atoms with van der Waals surface area (Å²) in [6, 6.07) is 11.7. The quantitative estimate of drug-likeness (QED) is 0.249. The van der Waals surface area contributed by atoms with Crippen molar-refractivity contribution in [3.05, 3.63) is 65.1 Å². The van der Waals surface area contributed by atoms with Crippen molar-refractivity contribution in [2.75, 3.05) is 71.7 Å². The van der Waals surface area contributed by atoms with Gasteiger partial charge in [0, 0.05) is 44.6 Å². The maximum atomic E-state index is 13.6. The molecule has 0 saturated carbocycles. The molecule has 1 amide bonds. The predicted molar refractivity (Wildman–Crippen MR) is 177 cm³/mol. The standard InChI is InChI=1S/C32H44N6O7S/c1-23-25-7-9-27(10-8-25)46(40,41)38(3)13-16-43-17-18-44-19-20-45-30-26(22-35-21-24-11-14-42-15-12-24)5-4-6-28(30)37-32(39)29(36-23)31(33)34-2/h4-10,24,35H,2,11-22,33H2,1,3H3,(H,37,39)/b31-29-,36-23?. The van der Waals surface area contributed by atoms with Gasteiger partial charge in [0.1, 0.15) is 12.4 Å². The topological polar surface area (TPSA) is 166 Å². The summed E-state index contributed by atoms with van der Waals surface area (Å²) in [5.41, 5.74) is 8.24. The Bertz CT molecular complexity index is 1510. The van der Waals surface area contributed by atoms with E-state index in [0.717, 1.165) is 38.2 Å². The fraction of sp³-hybridized carbons (Fsp3) is 0.469. The summed E-state index contributed by atoms with van der Waals surface area (Å²) < 4.78 is 50.3. The Morgan fingerprint density at radius 1 is 1.04 bits per heavy atom. The zero-order chi connectivity index (χ0) is 32.9. The summed E-state index contributed by atoms with van der Waals surface area (Å²) in [7, 11) is -2.24. The zero-order valence-electron chi connectivity index (χ0n) is 26.5. The second-order valence-corrected chi connectivity index (χ2v) is 13.0. The molecule has 1 fully saturated rings. The Labute approximate surface area is 270 Å². The van der Waals surface area contributed by atoms with Crippen LogP contribution in [0, 0.1) is 5.92 Å². The van der Waals surface area contributed by atoms with Gasteiger partial charge in [-0.2, -0.15) is 4.31 Å². The van der Waals surface area contributed by atoms with Gasteiger partial charge in [-0.05, 0) is 62.7 Å². The van der Waals surface area contributed by atoms with E-state index < -0.39 is 15.9 Å². The number of hydrogen-bond donors (Lipinski definition) is 3. The molecule has 0 aliphatic carbocycles. The van der Waals surface area contributed by atoms with Crippen LogP contribution in [0.4, 0.5) is 5.69 Å².